The van der Waals surface area contributed by atoms with Gasteiger partial charge in [0.1, 0.15) is 5.70 Å². The zero-order valence-corrected chi connectivity index (χ0v) is 17.5. The molecule has 0 radical (unpaired) electrons. The third-order valence-corrected chi connectivity index (χ3v) is 5.58. The van der Waals surface area contributed by atoms with E-state index in [0.29, 0.717) is 26.9 Å². The molecule has 0 fully saturated rings. The average molecular weight is 438 g/mol. The van der Waals surface area contributed by atoms with Gasteiger partial charge >= 0.3 is 0 Å². The van der Waals surface area contributed by atoms with Crippen molar-refractivity contribution in [3.8, 4) is 0 Å². The maximum Gasteiger partial charge on any atom is 0.278 e. The monoisotopic (exact) mass is 437 g/mol. The smallest absolute Gasteiger partial charge is 0.278 e. The van der Waals surface area contributed by atoms with Crippen LogP contribution in [0.15, 0.2) is 72.7 Å². The van der Waals surface area contributed by atoms with Gasteiger partial charge in [0, 0.05) is 28.1 Å². The lowest BCUT2D eigenvalue weighted by Gasteiger charge is -2.16. The van der Waals surface area contributed by atoms with Crippen LogP contribution in [-0.4, -0.2) is 21.7 Å². The Labute approximate surface area is 183 Å². The number of nitrogens with one attached hydrogen (secondary N) is 1. The van der Waals surface area contributed by atoms with Gasteiger partial charge in [-0.05, 0) is 60.0 Å². The zero-order chi connectivity index (χ0) is 21.3. The van der Waals surface area contributed by atoms with Crippen molar-refractivity contribution in [2.75, 3.05) is 5.32 Å². The summed E-state index contributed by atoms with van der Waals surface area (Å²) in [6, 6.07) is 15.8. The van der Waals surface area contributed by atoms with Gasteiger partial charge in [0.05, 0.1) is 12.1 Å². The quantitative estimate of drug-likeness (QED) is 0.564. The first-order valence-electron chi connectivity index (χ1n) is 9.23. The van der Waals surface area contributed by atoms with Crippen LogP contribution in [0.25, 0.3) is 5.57 Å². The summed E-state index contributed by atoms with van der Waals surface area (Å²) in [7, 11) is 0. The number of amides is 2. The van der Waals surface area contributed by atoms with Crippen LogP contribution in [-0.2, 0) is 16.1 Å². The lowest BCUT2D eigenvalue weighted by molar-refractivity contribution is -0.137. The molecule has 1 aliphatic heterocycles. The first-order valence-corrected chi connectivity index (χ1v) is 9.98. The van der Waals surface area contributed by atoms with Gasteiger partial charge in [-0.3, -0.25) is 19.5 Å². The maximum atomic E-state index is 13.3. The van der Waals surface area contributed by atoms with Crippen molar-refractivity contribution in [1.29, 1.82) is 0 Å². The fourth-order valence-corrected chi connectivity index (χ4v) is 3.57. The molecule has 4 rings (SSSR count). The van der Waals surface area contributed by atoms with Crippen molar-refractivity contribution in [3.05, 3.63) is 99.4 Å². The number of anilines is 1. The molecule has 5 nitrogen and oxygen atoms in total. The molecule has 0 spiro atoms. The summed E-state index contributed by atoms with van der Waals surface area (Å²) in [6.45, 7) is 2.00. The molecule has 1 aliphatic rings. The van der Waals surface area contributed by atoms with Crippen molar-refractivity contribution in [2.24, 2.45) is 0 Å². The SMILES string of the molecule is Cc1c(Cl)cccc1NC1=C(c2ccc(Cl)cc2)C(=O)N(Cc2ccncc2)C1=O. The molecule has 0 aliphatic carbocycles. The highest BCUT2D eigenvalue weighted by atomic mass is 35.5. The van der Waals surface area contributed by atoms with E-state index in [2.05, 4.69) is 10.3 Å². The van der Waals surface area contributed by atoms with Crippen LogP contribution < -0.4 is 5.32 Å². The van der Waals surface area contributed by atoms with Crippen LogP contribution in [0, 0.1) is 6.92 Å². The number of imide groups is 1. The Morgan fingerprint density at radius 3 is 2.33 bits per heavy atom. The van der Waals surface area contributed by atoms with Gasteiger partial charge in [-0.2, -0.15) is 0 Å². The Balaban J connectivity index is 1.77. The molecule has 30 heavy (non-hydrogen) atoms. The van der Waals surface area contributed by atoms with Gasteiger partial charge in [0.15, 0.2) is 0 Å². The van der Waals surface area contributed by atoms with Crippen LogP contribution in [0.3, 0.4) is 0 Å². The normalized spacial score (nSPS) is 13.9. The van der Waals surface area contributed by atoms with Gasteiger partial charge < -0.3 is 5.32 Å². The fraction of sp³-hybridized carbons (Fsp3) is 0.0870. The van der Waals surface area contributed by atoms with E-state index in [9.17, 15) is 9.59 Å². The molecule has 7 heteroatoms. The Bertz CT molecular complexity index is 1160. The second kappa shape index (κ2) is 8.30. The van der Waals surface area contributed by atoms with Crippen molar-refractivity contribution < 1.29 is 9.59 Å². The van der Waals surface area contributed by atoms with E-state index in [1.54, 1.807) is 60.9 Å². The molecule has 0 unspecified atom stereocenters. The second-order valence-corrected chi connectivity index (χ2v) is 7.69. The number of benzene rings is 2. The minimum absolute atomic E-state index is 0.150. The first-order chi connectivity index (χ1) is 14.5. The van der Waals surface area contributed by atoms with Crippen molar-refractivity contribution in [3.63, 3.8) is 0 Å². The highest BCUT2D eigenvalue weighted by molar-refractivity contribution is 6.37. The highest BCUT2D eigenvalue weighted by Crippen LogP contribution is 2.33. The molecule has 1 aromatic heterocycles. The van der Waals surface area contributed by atoms with Crippen molar-refractivity contribution >= 4 is 46.3 Å². The van der Waals surface area contributed by atoms with Crippen LogP contribution in [0.5, 0.6) is 0 Å². The summed E-state index contributed by atoms with van der Waals surface area (Å²) in [4.78, 5) is 31.8. The number of aromatic nitrogens is 1. The van der Waals surface area contributed by atoms with Crippen molar-refractivity contribution in [2.45, 2.75) is 13.5 Å². The predicted molar refractivity (Wildman–Crippen MR) is 118 cm³/mol. The van der Waals surface area contributed by atoms with E-state index in [1.165, 1.54) is 4.90 Å². The molecule has 0 bridgehead atoms. The van der Waals surface area contributed by atoms with E-state index in [1.807, 2.05) is 13.0 Å². The molecule has 1 N–H and O–H groups in total. The summed E-state index contributed by atoms with van der Waals surface area (Å²) in [6.07, 6.45) is 3.25. The summed E-state index contributed by atoms with van der Waals surface area (Å²) in [5, 5.41) is 4.26. The average Bonchev–Trinajstić information content (AvgIpc) is 2.97. The zero-order valence-electron chi connectivity index (χ0n) is 16.0. The molecule has 0 atom stereocenters. The Morgan fingerprint density at radius 1 is 0.933 bits per heavy atom. The van der Waals surface area contributed by atoms with Gasteiger partial charge in [0.2, 0.25) is 0 Å². The second-order valence-electron chi connectivity index (χ2n) is 6.85. The number of hydrogen-bond donors (Lipinski definition) is 1. The first kappa shape index (κ1) is 20.1. The summed E-state index contributed by atoms with van der Waals surface area (Å²) in [5.41, 5.74) is 3.37. The molecule has 150 valence electrons. The maximum absolute atomic E-state index is 13.3. The molecule has 2 aromatic carbocycles. The largest absolute Gasteiger partial charge is 0.350 e. The minimum atomic E-state index is -0.402. The molecule has 0 saturated heterocycles. The van der Waals surface area contributed by atoms with E-state index < -0.39 is 5.91 Å². The lowest BCUT2D eigenvalue weighted by atomic mass is 10.0. The molecular formula is C23H17Cl2N3O2. The summed E-state index contributed by atoms with van der Waals surface area (Å²) in [5.74, 6) is -0.776. The molecule has 0 saturated carbocycles. The Morgan fingerprint density at radius 2 is 1.63 bits per heavy atom. The topological polar surface area (TPSA) is 62.3 Å². The molecule has 2 amide bonds. The number of pyridine rings is 1. The molecule has 3 aromatic rings. The molecular weight excluding hydrogens is 421 g/mol. The summed E-state index contributed by atoms with van der Waals surface area (Å²) < 4.78 is 0. The van der Waals surface area contributed by atoms with Gasteiger partial charge in [-0.15, -0.1) is 0 Å². The van der Waals surface area contributed by atoms with E-state index in [-0.39, 0.29) is 18.1 Å². The third kappa shape index (κ3) is 3.82. The predicted octanol–water partition coefficient (Wildman–Crippen LogP) is 5.09. The third-order valence-electron chi connectivity index (χ3n) is 4.92. The van der Waals surface area contributed by atoms with Gasteiger partial charge in [0.25, 0.3) is 11.8 Å². The molecule has 2 heterocycles. The Kier molecular flexibility index (Phi) is 5.57. The van der Waals surface area contributed by atoms with E-state index in [4.69, 9.17) is 23.2 Å². The van der Waals surface area contributed by atoms with Gasteiger partial charge in [-0.1, -0.05) is 41.4 Å². The Hall–Kier alpha value is -3.15. The standard InChI is InChI=1S/C23H17Cl2N3O2/c1-14-18(25)3-2-4-19(14)27-21-20(16-5-7-17(24)8-6-16)22(29)28(23(21)30)13-15-9-11-26-12-10-15/h2-12,27H,13H2,1H3. The number of rotatable bonds is 5. The number of carbonyl (C=O) groups excluding carboxylic acids is 2. The van der Waals surface area contributed by atoms with Gasteiger partial charge in [-0.25, -0.2) is 0 Å². The van der Waals surface area contributed by atoms with Crippen molar-refractivity contribution in [1.82, 2.24) is 9.88 Å². The number of carbonyl (C=O) groups is 2. The minimum Gasteiger partial charge on any atom is -0.350 e. The lowest BCUT2D eigenvalue weighted by Crippen LogP contribution is -2.32. The van der Waals surface area contributed by atoms with Crippen LogP contribution in [0.1, 0.15) is 16.7 Å². The number of hydrogen-bond acceptors (Lipinski definition) is 4. The van der Waals surface area contributed by atoms with Crippen LogP contribution in [0.2, 0.25) is 10.0 Å². The fourth-order valence-electron chi connectivity index (χ4n) is 3.27. The highest BCUT2D eigenvalue weighted by Gasteiger charge is 2.39. The van der Waals surface area contributed by atoms with E-state index in [0.717, 1.165) is 11.1 Å². The van der Waals surface area contributed by atoms with Crippen LogP contribution in [0.4, 0.5) is 5.69 Å². The van der Waals surface area contributed by atoms with E-state index >= 15 is 0 Å². The summed E-state index contributed by atoms with van der Waals surface area (Å²) >= 11 is 12.2. The number of nitrogens with zero attached hydrogens (tertiary/aromatic N) is 2. The number of halogens is 2. The van der Waals surface area contributed by atoms with Crippen LogP contribution >= 0.6 is 23.2 Å².